The lowest BCUT2D eigenvalue weighted by atomic mass is 10.5. The highest BCUT2D eigenvalue weighted by atomic mass is 35.5. The Morgan fingerprint density at radius 3 is 1.19 bits per heavy atom. The number of halogens is 3. The standard InChI is InChI=1S/C9H18Cl3O3Si/c1-7(10)4-13-16(14-5-8(2)11)15-6-9(3)12/h7-9H,4-6H2,1-3H3. The Kier molecular flexibility index (Phi) is 10.5. The predicted molar refractivity (Wildman–Crippen MR) is 69.6 cm³/mol. The summed E-state index contributed by atoms with van der Waals surface area (Å²) in [6, 6.07) is 0. The molecule has 0 bridgehead atoms. The van der Waals surface area contributed by atoms with Crippen LogP contribution >= 0.6 is 34.8 Å². The van der Waals surface area contributed by atoms with Gasteiger partial charge in [-0.05, 0) is 20.8 Å². The summed E-state index contributed by atoms with van der Waals surface area (Å²) >= 11 is 17.3. The van der Waals surface area contributed by atoms with Gasteiger partial charge in [0.15, 0.2) is 0 Å². The zero-order valence-corrected chi connectivity index (χ0v) is 13.0. The Hall–Kier alpha value is 0.967. The smallest absolute Gasteiger partial charge is 0.370 e. The summed E-state index contributed by atoms with van der Waals surface area (Å²) in [6.07, 6.45) is 0. The lowest BCUT2D eigenvalue weighted by Gasteiger charge is -2.16. The molecular formula is C9H18Cl3O3Si. The van der Waals surface area contributed by atoms with Crippen LogP contribution in [0.3, 0.4) is 0 Å². The van der Waals surface area contributed by atoms with Crippen molar-refractivity contribution in [3.8, 4) is 0 Å². The molecule has 7 heteroatoms. The first-order valence-corrected chi connectivity index (χ1v) is 7.62. The monoisotopic (exact) mass is 307 g/mol. The number of rotatable bonds is 9. The van der Waals surface area contributed by atoms with Crippen LogP contribution in [-0.4, -0.2) is 45.5 Å². The number of hydrogen-bond acceptors (Lipinski definition) is 3. The molecule has 0 rings (SSSR count). The highest BCUT2D eigenvalue weighted by Gasteiger charge is 2.21. The third-order valence-electron chi connectivity index (χ3n) is 1.29. The molecule has 0 heterocycles. The van der Waals surface area contributed by atoms with Crippen LogP contribution in [0.1, 0.15) is 20.8 Å². The Balaban J connectivity index is 3.85. The van der Waals surface area contributed by atoms with Crippen molar-refractivity contribution in [3.63, 3.8) is 0 Å². The molecule has 0 fully saturated rings. The van der Waals surface area contributed by atoms with Gasteiger partial charge in [-0.15, -0.1) is 34.8 Å². The second kappa shape index (κ2) is 9.94. The van der Waals surface area contributed by atoms with E-state index in [1.165, 1.54) is 0 Å². The van der Waals surface area contributed by atoms with Crippen molar-refractivity contribution < 1.29 is 13.3 Å². The van der Waals surface area contributed by atoms with E-state index in [0.717, 1.165) is 0 Å². The molecule has 3 unspecified atom stereocenters. The summed E-state index contributed by atoms with van der Waals surface area (Å²) in [4.78, 5) is 0. The van der Waals surface area contributed by atoms with Crippen LogP contribution < -0.4 is 0 Å². The molecule has 0 aromatic heterocycles. The van der Waals surface area contributed by atoms with Crippen LogP contribution in [0.4, 0.5) is 0 Å². The third-order valence-corrected chi connectivity index (χ3v) is 2.88. The highest BCUT2D eigenvalue weighted by molar-refractivity contribution is 6.36. The molecule has 1 radical (unpaired) electrons. The molecule has 97 valence electrons. The third kappa shape index (κ3) is 11.5. The van der Waals surface area contributed by atoms with Gasteiger partial charge in [-0.3, -0.25) is 0 Å². The van der Waals surface area contributed by atoms with Crippen molar-refractivity contribution in [1.29, 1.82) is 0 Å². The Bertz CT molecular complexity index is 142. The predicted octanol–water partition coefficient (Wildman–Crippen LogP) is 2.90. The fourth-order valence-electron chi connectivity index (χ4n) is 0.674. The molecule has 0 aliphatic rings. The quantitative estimate of drug-likeness (QED) is 0.484. The maximum atomic E-state index is 5.78. The molecule has 3 nitrogen and oxygen atoms in total. The van der Waals surface area contributed by atoms with Gasteiger partial charge in [0.1, 0.15) is 0 Å². The van der Waals surface area contributed by atoms with Crippen LogP contribution in [-0.2, 0) is 13.3 Å². The molecule has 0 aromatic carbocycles. The zero-order valence-electron chi connectivity index (χ0n) is 9.71. The van der Waals surface area contributed by atoms with Gasteiger partial charge >= 0.3 is 9.53 Å². The lowest BCUT2D eigenvalue weighted by Crippen LogP contribution is -2.32. The average Bonchev–Trinajstić information content (AvgIpc) is 2.15. The minimum atomic E-state index is -1.78. The van der Waals surface area contributed by atoms with Gasteiger partial charge in [-0.1, -0.05) is 0 Å². The van der Waals surface area contributed by atoms with Gasteiger partial charge in [-0.25, -0.2) is 0 Å². The topological polar surface area (TPSA) is 27.7 Å². The van der Waals surface area contributed by atoms with E-state index in [1.54, 1.807) is 0 Å². The molecule has 0 amide bonds. The summed E-state index contributed by atoms with van der Waals surface area (Å²) < 4.78 is 16.2. The van der Waals surface area contributed by atoms with Crippen LogP contribution in [0, 0.1) is 0 Å². The Morgan fingerprint density at radius 1 is 0.750 bits per heavy atom. The summed E-state index contributed by atoms with van der Waals surface area (Å²) in [7, 11) is -1.78. The van der Waals surface area contributed by atoms with E-state index in [2.05, 4.69) is 0 Å². The van der Waals surface area contributed by atoms with Crippen molar-refractivity contribution in [2.24, 2.45) is 0 Å². The van der Waals surface area contributed by atoms with Crippen molar-refractivity contribution in [3.05, 3.63) is 0 Å². The molecule has 3 atom stereocenters. The summed E-state index contributed by atoms with van der Waals surface area (Å²) in [5.74, 6) is 0. The molecule has 16 heavy (non-hydrogen) atoms. The van der Waals surface area contributed by atoms with Gasteiger partial charge in [0, 0.05) is 0 Å². The maximum Gasteiger partial charge on any atom is 0.577 e. The summed E-state index contributed by atoms with van der Waals surface area (Å²) in [6.45, 7) is 6.70. The second-order valence-electron chi connectivity index (χ2n) is 3.53. The number of hydrogen-bond donors (Lipinski definition) is 0. The van der Waals surface area contributed by atoms with Gasteiger partial charge in [-0.2, -0.15) is 0 Å². The minimum Gasteiger partial charge on any atom is -0.370 e. The van der Waals surface area contributed by atoms with E-state index in [1.807, 2.05) is 20.8 Å². The highest BCUT2D eigenvalue weighted by Crippen LogP contribution is 2.04. The summed E-state index contributed by atoms with van der Waals surface area (Å²) in [5, 5.41) is -0.225. The number of alkyl halides is 3. The van der Waals surface area contributed by atoms with E-state index in [-0.39, 0.29) is 16.1 Å². The van der Waals surface area contributed by atoms with Gasteiger partial charge in [0.05, 0.1) is 36.0 Å². The first kappa shape index (κ1) is 17.0. The fourth-order valence-corrected chi connectivity index (χ4v) is 2.59. The molecule has 0 aliphatic carbocycles. The molecule has 0 aromatic rings. The van der Waals surface area contributed by atoms with E-state index in [0.29, 0.717) is 19.8 Å². The van der Waals surface area contributed by atoms with Crippen molar-refractivity contribution in [2.75, 3.05) is 19.8 Å². The molecule has 0 saturated heterocycles. The first-order valence-electron chi connectivity index (χ1n) is 5.09. The molecular weight excluding hydrogens is 291 g/mol. The van der Waals surface area contributed by atoms with Crippen LogP contribution in [0.2, 0.25) is 0 Å². The maximum absolute atomic E-state index is 5.78. The SMILES string of the molecule is CC(Cl)CO[Si](OCC(C)Cl)OCC(C)Cl. The minimum absolute atomic E-state index is 0.0750. The largest absolute Gasteiger partial charge is 0.577 e. The molecule has 0 saturated carbocycles. The Morgan fingerprint density at radius 2 is 1.00 bits per heavy atom. The molecule has 0 aliphatic heterocycles. The van der Waals surface area contributed by atoms with E-state index in [9.17, 15) is 0 Å². The first-order chi connectivity index (χ1) is 7.41. The van der Waals surface area contributed by atoms with E-state index >= 15 is 0 Å². The summed E-state index contributed by atoms with van der Waals surface area (Å²) in [5.41, 5.74) is 0. The van der Waals surface area contributed by atoms with Gasteiger partial charge in [0.2, 0.25) is 0 Å². The van der Waals surface area contributed by atoms with Crippen molar-refractivity contribution >= 4 is 44.3 Å². The van der Waals surface area contributed by atoms with Crippen LogP contribution in [0.5, 0.6) is 0 Å². The van der Waals surface area contributed by atoms with Gasteiger partial charge < -0.3 is 13.3 Å². The Labute approximate surface area is 114 Å². The van der Waals surface area contributed by atoms with E-state index in [4.69, 9.17) is 48.1 Å². The van der Waals surface area contributed by atoms with E-state index < -0.39 is 9.53 Å². The fraction of sp³-hybridized carbons (Fsp3) is 1.00. The zero-order chi connectivity index (χ0) is 12.6. The van der Waals surface area contributed by atoms with Crippen molar-refractivity contribution in [1.82, 2.24) is 0 Å². The molecule has 0 spiro atoms. The second-order valence-corrected chi connectivity index (χ2v) is 7.13. The van der Waals surface area contributed by atoms with Crippen molar-refractivity contribution in [2.45, 2.75) is 36.9 Å². The average molecular weight is 309 g/mol. The molecule has 0 N–H and O–H groups in total. The lowest BCUT2D eigenvalue weighted by molar-refractivity contribution is 0.0953. The van der Waals surface area contributed by atoms with Crippen LogP contribution in [0.25, 0.3) is 0 Å². The normalized spacial score (nSPS) is 17.4. The van der Waals surface area contributed by atoms with Crippen LogP contribution in [0.15, 0.2) is 0 Å². The van der Waals surface area contributed by atoms with Gasteiger partial charge in [0.25, 0.3) is 0 Å².